The van der Waals surface area contributed by atoms with Crippen molar-refractivity contribution in [3.8, 4) is 0 Å². The normalized spacial score (nSPS) is 13.3. The lowest BCUT2D eigenvalue weighted by molar-refractivity contribution is -0.118. The molecule has 6 nitrogen and oxygen atoms in total. The van der Waals surface area contributed by atoms with E-state index in [-0.39, 0.29) is 29.9 Å². The molecule has 28 heavy (non-hydrogen) atoms. The average Bonchev–Trinajstić information content (AvgIpc) is 3.10. The molecule has 1 amide bonds. The van der Waals surface area contributed by atoms with Crippen molar-refractivity contribution in [1.29, 1.82) is 0 Å². The van der Waals surface area contributed by atoms with Gasteiger partial charge in [-0.15, -0.1) is 24.0 Å². The molecule has 1 aliphatic rings. The van der Waals surface area contributed by atoms with Gasteiger partial charge in [-0.1, -0.05) is 32.0 Å². The molecule has 0 bridgehead atoms. The van der Waals surface area contributed by atoms with E-state index in [2.05, 4.69) is 35.5 Å². The number of rotatable bonds is 10. The molecule has 0 saturated carbocycles. The lowest BCUT2D eigenvalue weighted by Gasteiger charge is -2.17. The minimum absolute atomic E-state index is 0. The second-order valence-corrected chi connectivity index (χ2v) is 7.25. The Morgan fingerprint density at radius 3 is 2.71 bits per heavy atom. The molecule has 0 aromatic heterocycles. The second-order valence-electron chi connectivity index (χ2n) is 7.25. The summed E-state index contributed by atoms with van der Waals surface area (Å²) in [5.41, 5.74) is 2.34. The molecule has 0 spiro atoms. The van der Waals surface area contributed by atoms with Crippen molar-refractivity contribution >= 4 is 41.5 Å². The van der Waals surface area contributed by atoms with Crippen molar-refractivity contribution < 1.29 is 9.53 Å². The number of hydrogen-bond acceptors (Lipinski definition) is 3. The van der Waals surface area contributed by atoms with E-state index in [1.807, 2.05) is 23.1 Å². The lowest BCUT2D eigenvalue weighted by Crippen LogP contribution is -2.39. The molecule has 0 fully saturated rings. The topological polar surface area (TPSA) is 66.0 Å². The Morgan fingerprint density at radius 1 is 1.21 bits per heavy atom. The smallest absolute Gasteiger partial charge is 0.227 e. The zero-order valence-electron chi connectivity index (χ0n) is 17.4. The van der Waals surface area contributed by atoms with Crippen LogP contribution in [0.5, 0.6) is 0 Å². The number of nitrogens with zero attached hydrogens (tertiary/aromatic N) is 2. The fraction of sp³-hybridized carbons (Fsp3) is 0.619. The van der Waals surface area contributed by atoms with E-state index in [1.54, 1.807) is 7.05 Å². The number of aliphatic imine (C=N–C) groups is 1. The van der Waals surface area contributed by atoms with E-state index in [9.17, 15) is 4.79 Å². The standard InChI is InChI=1S/C21H34N4O2.HI/c1-17(2)11-15-27-16-13-24-21(22-3)23-12-6-9-20(26)25-14-10-18-7-4-5-8-19(18)25;/h4-5,7-8,17H,6,9-16H2,1-3H3,(H2,22,23,24);1H. The highest BCUT2D eigenvalue weighted by atomic mass is 127. The molecule has 0 aliphatic carbocycles. The van der Waals surface area contributed by atoms with E-state index in [0.29, 0.717) is 18.9 Å². The summed E-state index contributed by atoms with van der Waals surface area (Å²) in [4.78, 5) is 18.6. The maximum Gasteiger partial charge on any atom is 0.227 e. The first-order valence-electron chi connectivity index (χ1n) is 10.0. The summed E-state index contributed by atoms with van der Waals surface area (Å²) in [6, 6.07) is 8.17. The molecule has 2 rings (SSSR count). The van der Waals surface area contributed by atoms with Crippen LogP contribution < -0.4 is 15.5 Å². The largest absolute Gasteiger partial charge is 0.380 e. The Bertz CT molecular complexity index is 622. The third-order valence-corrected chi connectivity index (χ3v) is 4.65. The summed E-state index contributed by atoms with van der Waals surface area (Å²) in [5.74, 6) is 1.62. The number of amides is 1. The fourth-order valence-corrected chi connectivity index (χ4v) is 3.06. The molecular weight excluding hydrogens is 467 g/mol. The average molecular weight is 502 g/mol. The number of carbonyl (C=O) groups excluding carboxylic acids is 1. The van der Waals surface area contributed by atoms with Crippen LogP contribution in [0.1, 0.15) is 38.7 Å². The van der Waals surface area contributed by atoms with Crippen molar-refractivity contribution in [2.75, 3.05) is 44.8 Å². The van der Waals surface area contributed by atoms with Gasteiger partial charge in [0, 0.05) is 45.4 Å². The number of para-hydroxylation sites is 1. The van der Waals surface area contributed by atoms with Crippen molar-refractivity contribution in [2.24, 2.45) is 10.9 Å². The van der Waals surface area contributed by atoms with Crippen molar-refractivity contribution in [3.05, 3.63) is 29.8 Å². The molecule has 158 valence electrons. The zero-order chi connectivity index (χ0) is 19.5. The Labute approximate surface area is 186 Å². The molecule has 0 unspecified atom stereocenters. The van der Waals surface area contributed by atoms with Gasteiger partial charge in [0.05, 0.1) is 6.61 Å². The fourth-order valence-electron chi connectivity index (χ4n) is 3.06. The summed E-state index contributed by atoms with van der Waals surface area (Å²) in [7, 11) is 1.75. The van der Waals surface area contributed by atoms with Gasteiger partial charge >= 0.3 is 0 Å². The lowest BCUT2D eigenvalue weighted by atomic mass is 10.1. The van der Waals surface area contributed by atoms with Crippen LogP contribution in [0.3, 0.4) is 0 Å². The summed E-state index contributed by atoms with van der Waals surface area (Å²) in [6.07, 6.45) is 3.36. The van der Waals surface area contributed by atoms with Crippen LogP contribution >= 0.6 is 24.0 Å². The molecule has 0 radical (unpaired) electrons. The maximum atomic E-state index is 12.5. The molecule has 1 aliphatic heterocycles. The highest BCUT2D eigenvalue weighted by Crippen LogP contribution is 2.27. The molecule has 1 aromatic carbocycles. The van der Waals surface area contributed by atoms with Crippen molar-refractivity contribution in [2.45, 2.75) is 39.5 Å². The summed E-state index contributed by atoms with van der Waals surface area (Å²) in [5, 5.41) is 6.49. The number of guanidine groups is 1. The molecule has 1 aromatic rings. The van der Waals surface area contributed by atoms with Gasteiger partial charge in [0.15, 0.2) is 5.96 Å². The third-order valence-electron chi connectivity index (χ3n) is 4.65. The van der Waals surface area contributed by atoms with Crippen LogP contribution in [0, 0.1) is 5.92 Å². The van der Waals surface area contributed by atoms with Gasteiger partial charge in [-0.2, -0.15) is 0 Å². The number of benzene rings is 1. The number of hydrogen-bond donors (Lipinski definition) is 2. The Kier molecular flexibility index (Phi) is 12.1. The highest BCUT2D eigenvalue weighted by Gasteiger charge is 2.23. The number of fused-ring (bicyclic) bond motifs is 1. The number of carbonyl (C=O) groups is 1. The molecule has 0 atom stereocenters. The second kappa shape index (κ2) is 13.8. The summed E-state index contributed by atoms with van der Waals surface area (Å²) < 4.78 is 5.59. The van der Waals surface area contributed by atoms with E-state index in [0.717, 1.165) is 57.2 Å². The number of ether oxygens (including phenoxy) is 1. The van der Waals surface area contributed by atoms with Crippen LogP contribution in [-0.4, -0.2) is 51.8 Å². The number of nitrogens with one attached hydrogen (secondary N) is 2. The maximum absolute atomic E-state index is 12.5. The minimum Gasteiger partial charge on any atom is -0.380 e. The zero-order valence-corrected chi connectivity index (χ0v) is 19.7. The van der Waals surface area contributed by atoms with Crippen LogP contribution in [0.2, 0.25) is 0 Å². The third kappa shape index (κ3) is 8.34. The monoisotopic (exact) mass is 502 g/mol. The van der Waals surface area contributed by atoms with Gasteiger partial charge in [0.2, 0.25) is 5.91 Å². The molecule has 0 saturated heterocycles. The van der Waals surface area contributed by atoms with Crippen LogP contribution in [0.4, 0.5) is 5.69 Å². The predicted molar refractivity (Wildman–Crippen MR) is 127 cm³/mol. The molecule has 7 heteroatoms. The Morgan fingerprint density at radius 2 is 1.96 bits per heavy atom. The Balaban J connectivity index is 0.00000392. The number of anilines is 1. The van der Waals surface area contributed by atoms with Gasteiger partial charge in [0.25, 0.3) is 0 Å². The Hall–Kier alpha value is -1.35. The van der Waals surface area contributed by atoms with Gasteiger partial charge in [-0.3, -0.25) is 9.79 Å². The van der Waals surface area contributed by atoms with E-state index in [1.165, 1.54) is 5.56 Å². The first-order chi connectivity index (χ1) is 13.1. The summed E-state index contributed by atoms with van der Waals surface area (Å²) in [6.45, 7) is 8.09. The SMILES string of the molecule is CN=C(NCCCC(=O)N1CCc2ccccc21)NCCOCCC(C)C.I. The van der Waals surface area contributed by atoms with Crippen LogP contribution in [0.25, 0.3) is 0 Å². The van der Waals surface area contributed by atoms with Gasteiger partial charge in [-0.25, -0.2) is 0 Å². The highest BCUT2D eigenvalue weighted by molar-refractivity contribution is 14.0. The number of halogens is 1. The van der Waals surface area contributed by atoms with Gasteiger partial charge in [-0.05, 0) is 36.8 Å². The van der Waals surface area contributed by atoms with Crippen LogP contribution in [0.15, 0.2) is 29.3 Å². The van der Waals surface area contributed by atoms with Crippen molar-refractivity contribution in [1.82, 2.24) is 10.6 Å². The summed E-state index contributed by atoms with van der Waals surface area (Å²) >= 11 is 0. The van der Waals surface area contributed by atoms with E-state index >= 15 is 0 Å². The van der Waals surface area contributed by atoms with Gasteiger partial charge < -0.3 is 20.3 Å². The first-order valence-corrected chi connectivity index (χ1v) is 10.0. The van der Waals surface area contributed by atoms with E-state index < -0.39 is 0 Å². The van der Waals surface area contributed by atoms with E-state index in [4.69, 9.17) is 4.74 Å². The molecular formula is C21H35IN4O2. The predicted octanol–water partition coefficient (Wildman–Crippen LogP) is 3.20. The van der Waals surface area contributed by atoms with Crippen LogP contribution in [-0.2, 0) is 16.0 Å². The minimum atomic E-state index is 0. The first kappa shape index (κ1) is 24.7. The molecule has 1 heterocycles. The molecule has 2 N–H and O–H groups in total. The van der Waals surface area contributed by atoms with Crippen molar-refractivity contribution in [3.63, 3.8) is 0 Å². The quantitative estimate of drug-likeness (QED) is 0.223. The van der Waals surface area contributed by atoms with Gasteiger partial charge in [0.1, 0.15) is 0 Å².